The van der Waals surface area contributed by atoms with Gasteiger partial charge in [0.05, 0.1) is 13.2 Å². The highest BCUT2D eigenvalue weighted by Crippen LogP contribution is 2.21. The Balaban J connectivity index is 2.24. The maximum absolute atomic E-state index is 6.09. The number of aromatic nitrogens is 2. The highest BCUT2D eigenvalue weighted by molar-refractivity contribution is 6.29. The first-order valence-corrected chi connectivity index (χ1v) is 6.74. The fourth-order valence-electron chi connectivity index (χ4n) is 2.00. The predicted molar refractivity (Wildman–Crippen MR) is 73.6 cm³/mol. The Bertz CT molecular complexity index is 392. The summed E-state index contributed by atoms with van der Waals surface area (Å²) in [5.74, 6) is 1.59. The minimum Gasteiger partial charge on any atom is -0.378 e. The Morgan fingerprint density at radius 1 is 1.28 bits per heavy atom. The molecule has 0 aliphatic carbocycles. The smallest absolute Gasteiger partial charge is 0.228 e. The van der Waals surface area contributed by atoms with Crippen LogP contribution in [0.5, 0.6) is 0 Å². The van der Waals surface area contributed by atoms with Crippen molar-refractivity contribution in [3.63, 3.8) is 0 Å². The summed E-state index contributed by atoms with van der Waals surface area (Å²) in [6, 6.07) is 1.82. The quantitative estimate of drug-likeness (QED) is 0.781. The topological polar surface area (TPSA) is 41.5 Å². The first-order valence-electron chi connectivity index (χ1n) is 6.36. The van der Waals surface area contributed by atoms with Crippen LogP contribution in [0.2, 0.25) is 5.15 Å². The van der Waals surface area contributed by atoms with Crippen molar-refractivity contribution >= 4 is 23.4 Å². The van der Waals surface area contributed by atoms with E-state index < -0.39 is 0 Å². The Morgan fingerprint density at radius 2 is 1.94 bits per heavy atom. The lowest BCUT2D eigenvalue weighted by Gasteiger charge is -2.29. The van der Waals surface area contributed by atoms with Gasteiger partial charge in [0.2, 0.25) is 5.95 Å². The summed E-state index contributed by atoms with van der Waals surface area (Å²) in [7, 11) is 0. The van der Waals surface area contributed by atoms with Crippen LogP contribution < -0.4 is 9.80 Å². The number of hydrogen-bond acceptors (Lipinski definition) is 5. The molecule has 1 aliphatic rings. The molecule has 0 N–H and O–H groups in total. The van der Waals surface area contributed by atoms with E-state index in [-0.39, 0.29) is 0 Å². The fraction of sp³-hybridized carbons (Fsp3) is 0.667. The molecule has 0 saturated carbocycles. The Morgan fingerprint density at radius 3 is 2.56 bits per heavy atom. The molecule has 0 atom stereocenters. The first kappa shape index (κ1) is 13.4. The molecule has 1 aromatic rings. The van der Waals surface area contributed by atoms with Crippen molar-refractivity contribution in [2.24, 2.45) is 0 Å². The van der Waals surface area contributed by atoms with Crippen molar-refractivity contribution in [2.75, 3.05) is 49.2 Å². The zero-order valence-corrected chi connectivity index (χ0v) is 11.7. The second-order valence-electron chi connectivity index (χ2n) is 4.12. The predicted octanol–water partition coefficient (Wildman–Crippen LogP) is 1.81. The van der Waals surface area contributed by atoms with Crippen molar-refractivity contribution in [2.45, 2.75) is 13.8 Å². The third-order valence-electron chi connectivity index (χ3n) is 3.05. The molecule has 1 aromatic heterocycles. The van der Waals surface area contributed by atoms with E-state index in [0.717, 1.165) is 45.2 Å². The molecule has 100 valence electrons. The number of hydrogen-bond donors (Lipinski definition) is 0. The van der Waals surface area contributed by atoms with Crippen molar-refractivity contribution in [3.8, 4) is 0 Å². The average Bonchev–Trinajstić information content (AvgIpc) is 2.40. The molecule has 1 saturated heterocycles. The van der Waals surface area contributed by atoms with Crippen LogP contribution in [0.4, 0.5) is 11.8 Å². The zero-order valence-electron chi connectivity index (χ0n) is 10.9. The van der Waals surface area contributed by atoms with Gasteiger partial charge in [-0.25, -0.2) is 4.98 Å². The van der Waals surface area contributed by atoms with Crippen LogP contribution in [0, 0.1) is 0 Å². The molecule has 0 amide bonds. The van der Waals surface area contributed by atoms with Crippen LogP contribution in [-0.2, 0) is 4.74 Å². The standard InChI is InChI=1S/C12H19ClN4O/c1-3-16(4-2)12-14-10(13)9-11(15-12)17-5-7-18-8-6-17/h9H,3-8H2,1-2H3. The lowest BCUT2D eigenvalue weighted by Crippen LogP contribution is -2.37. The molecule has 0 unspecified atom stereocenters. The van der Waals surface area contributed by atoms with Gasteiger partial charge in [-0.3, -0.25) is 0 Å². The van der Waals surface area contributed by atoms with Crippen LogP contribution in [0.3, 0.4) is 0 Å². The minimum absolute atomic E-state index is 0.494. The molecule has 2 heterocycles. The van der Waals surface area contributed by atoms with Gasteiger partial charge in [-0.15, -0.1) is 0 Å². The number of nitrogens with zero attached hydrogens (tertiary/aromatic N) is 4. The molecule has 0 radical (unpaired) electrons. The summed E-state index contributed by atoms with van der Waals surface area (Å²) in [6.45, 7) is 9.10. The van der Waals surface area contributed by atoms with Gasteiger partial charge in [-0.1, -0.05) is 11.6 Å². The number of morpholine rings is 1. The zero-order chi connectivity index (χ0) is 13.0. The SMILES string of the molecule is CCN(CC)c1nc(Cl)cc(N2CCOCC2)n1. The van der Waals surface area contributed by atoms with Gasteiger partial charge in [0.15, 0.2) is 0 Å². The first-order chi connectivity index (χ1) is 8.74. The highest BCUT2D eigenvalue weighted by atomic mass is 35.5. The summed E-state index contributed by atoms with van der Waals surface area (Å²) in [4.78, 5) is 13.2. The Labute approximate surface area is 113 Å². The van der Waals surface area contributed by atoms with Gasteiger partial charge in [0.25, 0.3) is 0 Å². The second kappa shape index (κ2) is 6.20. The molecule has 0 aromatic carbocycles. The molecule has 18 heavy (non-hydrogen) atoms. The van der Waals surface area contributed by atoms with E-state index >= 15 is 0 Å². The lowest BCUT2D eigenvalue weighted by atomic mass is 10.4. The largest absolute Gasteiger partial charge is 0.378 e. The van der Waals surface area contributed by atoms with Crippen LogP contribution in [0.15, 0.2) is 6.07 Å². The monoisotopic (exact) mass is 270 g/mol. The third kappa shape index (κ3) is 3.03. The molecule has 0 spiro atoms. The normalized spacial score (nSPS) is 15.8. The summed E-state index contributed by atoms with van der Waals surface area (Å²) in [5, 5.41) is 0.494. The fourth-order valence-corrected chi connectivity index (χ4v) is 2.17. The number of ether oxygens (including phenoxy) is 1. The summed E-state index contributed by atoms with van der Waals surface area (Å²) < 4.78 is 5.34. The molecular weight excluding hydrogens is 252 g/mol. The minimum atomic E-state index is 0.494. The van der Waals surface area contributed by atoms with E-state index in [2.05, 4.69) is 33.6 Å². The van der Waals surface area contributed by atoms with Gasteiger partial charge < -0.3 is 14.5 Å². The van der Waals surface area contributed by atoms with Crippen LogP contribution in [0.25, 0.3) is 0 Å². The molecule has 5 nitrogen and oxygen atoms in total. The molecule has 6 heteroatoms. The van der Waals surface area contributed by atoms with E-state index in [1.807, 2.05) is 6.07 Å². The number of halogens is 1. The summed E-state index contributed by atoms with van der Waals surface area (Å²) >= 11 is 6.09. The van der Waals surface area contributed by atoms with Gasteiger partial charge in [0, 0.05) is 32.2 Å². The van der Waals surface area contributed by atoms with E-state index in [1.54, 1.807) is 0 Å². The van der Waals surface area contributed by atoms with Crippen LogP contribution in [0.1, 0.15) is 13.8 Å². The number of rotatable bonds is 4. The molecule has 2 rings (SSSR count). The van der Waals surface area contributed by atoms with Crippen molar-refractivity contribution in [1.82, 2.24) is 9.97 Å². The summed E-state index contributed by atoms with van der Waals surface area (Å²) in [6.07, 6.45) is 0. The molecular formula is C12H19ClN4O. The molecule has 0 bridgehead atoms. The van der Waals surface area contributed by atoms with Gasteiger partial charge in [-0.05, 0) is 13.8 Å². The highest BCUT2D eigenvalue weighted by Gasteiger charge is 2.16. The second-order valence-corrected chi connectivity index (χ2v) is 4.51. The van der Waals surface area contributed by atoms with Crippen LogP contribution in [-0.4, -0.2) is 49.4 Å². The molecule has 1 aliphatic heterocycles. The van der Waals surface area contributed by atoms with Crippen molar-refractivity contribution in [1.29, 1.82) is 0 Å². The summed E-state index contributed by atoms with van der Waals surface area (Å²) in [5.41, 5.74) is 0. The van der Waals surface area contributed by atoms with Gasteiger partial charge in [0.1, 0.15) is 11.0 Å². The number of anilines is 2. The van der Waals surface area contributed by atoms with E-state index in [4.69, 9.17) is 16.3 Å². The lowest BCUT2D eigenvalue weighted by molar-refractivity contribution is 0.122. The van der Waals surface area contributed by atoms with E-state index in [0.29, 0.717) is 11.1 Å². The van der Waals surface area contributed by atoms with E-state index in [9.17, 15) is 0 Å². The van der Waals surface area contributed by atoms with Crippen molar-refractivity contribution in [3.05, 3.63) is 11.2 Å². The Kier molecular flexibility index (Phi) is 4.60. The Hall–Kier alpha value is -1.07. The third-order valence-corrected chi connectivity index (χ3v) is 3.24. The molecule has 1 fully saturated rings. The van der Waals surface area contributed by atoms with Gasteiger partial charge >= 0.3 is 0 Å². The maximum atomic E-state index is 6.09. The maximum Gasteiger partial charge on any atom is 0.228 e. The van der Waals surface area contributed by atoms with Crippen LogP contribution >= 0.6 is 11.6 Å². The van der Waals surface area contributed by atoms with E-state index in [1.165, 1.54) is 0 Å². The average molecular weight is 271 g/mol. The van der Waals surface area contributed by atoms with Crippen molar-refractivity contribution < 1.29 is 4.74 Å². The van der Waals surface area contributed by atoms with Gasteiger partial charge in [-0.2, -0.15) is 4.98 Å².